The summed E-state index contributed by atoms with van der Waals surface area (Å²) < 4.78 is 0. The molecule has 2 heteroatoms. The first-order valence-electron chi connectivity index (χ1n) is 7.32. The van der Waals surface area contributed by atoms with Gasteiger partial charge in [0.2, 0.25) is 0 Å². The molecule has 0 bridgehead atoms. The van der Waals surface area contributed by atoms with Gasteiger partial charge in [0.05, 0.1) is 5.52 Å². The number of hydrogen-bond acceptors (Lipinski definition) is 2. The van der Waals surface area contributed by atoms with E-state index >= 15 is 0 Å². The van der Waals surface area contributed by atoms with Crippen LogP contribution < -0.4 is 5.32 Å². The Labute approximate surface area is 116 Å². The van der Waals surface area contributed by atoms with Crippen LogP contribution in [0.2, 0.25) is 0 Å². The van der Waals surface area contributed by atoms with Crippen molar-refractivity contribution in [2.45, 2.75) is 52.1 Å². The van der Waals surface area contributed by atoms with Crippen LogP contribution in [0.4, 0.5) is 0 Å². The predicted molar refractivity (Wildman–Crippen MR) is 82.2 cm³/mol. The summed E-state index contributed by atoms with van der Waals surface area (Å²) in [6, 6.07) is 10.5. The second-order valence-electron chi connectivity index (χ2n) is 5.19. The number of hydrogen-bond donors (Lipinski definition) is 1. The fraction of sp³-hybridized carbons (Fsp3) is 0.471. The van der Waals surface area contributed by atoms with Crippen LogP contribution in [0.25, 0.3) is 10.9 Å². The summed E-state index contributed by atoms with van der Waals surface area (Å²) in [6.45, 7) is 7.69. The molecule has 0 aliphatic carbocycles. The van der Waals surface area contributed by atoms with Gasteiger partial charge >= 0.3 is 0 Å². The van der Waals surface area contributed by atoms with Crippen molar-refractivity contribution in [1.82, 2.24) is 10.3 Å². The molecule has 0 aliphatic heterocycles. The minimum atomic E-state index is 0.261. The van der Waals surface area contributed by atoms with Gasteiger partial charge < -0.3 is 5.32 Å². The van der Waals surface area contributed by atoms with Gasteiger partial charge in [0.1, 0.15) is 0 Å². The maximum absolute atomic E-state index is 4.52. The lowest BCUT2D eigenvalue weighted by molar-refractivity contribution is 0.288. The Morgan fingerprint density at radius 1 is 1.00 bits per heavy atom. The summed E-state index contributed by atoms with van der Waals surface area (Å²) in [7, 11) is 0. The van der Waals surface area contributed by atoms with Crippen molar-refractivity contribution in [2.75, 3.05) is 0 Å². The Morgan fingerprint density at radius 2 is 1.68 bits per heavy atom. The van der Waals surface area contributed by atoms with Crippen molar-refractivity contribution in [3.8, 4) is 0 Å². The molecule has 0 saturated carbocycles. The first-order chi connectivity index (χ1) is 9.24. The number of rotatable bonds is 6. The predicted octanol–water partition coefficient (Wildman–Crippen LogP) is 4.29. The molecule has 2 nitrogen and oxygen atoms in total. The van der Waals surface area contributed by atoms with Crippen LogP contribution in [0.15, 0.2) is 36.5 Å². The molecule has 2 rings (SSSR count). The Balaban J connectivity index is 2.22. The van der Waals surface area contributed by atoms with Crippen LogP contribution >= 0.6 is 0 Å². The molecule has 0 unspecified atom stereocenters. The first-order valence-corrected chi connectivity index (χ1v) is 7.32. The van der Waals surface area contributed by atoms with Crippen molar-refractivity contribution >= 4 is 10.9 Å². The first kappa shape index (κ1) is 14.0. The van der Waals surface area contributed by atoms with Crippen molar-refractivity contribution < 1.29 is 0 Å². The maximum atomic E-state index is 4.52. The molecule has 0 radical (unpaired) electrons. The fourth-order valence-corrected chi connectivity index (χ4v) is 2.72. The van der Waals surface area contributed by atoms with Gasteiger partial charge in [0, 0.05) is 23.7 Å². The lowest BCUT2D eigenvalue weighted by Gasteiger charge is -2.32. The molecule has 0 fully saturated rings. The highest BCUT2D eigenvalue weighted by molar-refractivity contribution is 5.81. The molecule has 102 valence electrons. The minimum absolute atomic E-state index is 0.261. The van der Waals surface area contributed by atoms with E-state index in [1.54, 1.807) is 0 Å². The van der Waals surface area contributed by atoms with Crippen molar-refractivity contribution in [2.24, 2.45) is 0 Å². The molecule has 0 atom stereocenters. The molecule has 1 aromatic carbocycles. The monoisotopic (exact) mass is 256 g/mol. The van der Waals surface area contributed by atoms with E-state index in [0.29, 0.717) is 0 Å². The maximum Gasteiger partial charge on any atom is 0.0746 e. The van der Waals surface area contributed by atoms with Crippen LogP contribution in [0, 0.1) is 0 Å². The SMILES string of the molecule is CCC(CC)(CC)NCc1cccc2cccnc12. The topological polar surface area (TPSA) is 24.9 Å². The van der Waals surface area contributed by atoms with Crippen LogP contribution in [0.5, 0.6) is 0 Å². The number of nitrogens with zero attached hydrogens (tertiary/aromatic N) is 1. The average Bonchev–Trinajstić information content (AvgIpc) is 2.49. The van der Waals surface area contributed by atoms with Gasteiger partial charge in [-0.25, -0.2) is 0 Å². The van der Waals surface area contributed by atoms with Crippen molar-refractivity contribution in [1.29, 1.82) is 0 Å². The number of fused-ring (bicyclic) bond motifs is 1. The number of para-hydroxylation sites is 1. The Hall–Kier alpha value is -1.41. The molecular formula is C17H24N2. The van der Waals surface area contributed by atoms with E-state index in [-0.39, 0.29) is 5.54 Å². The average molecular weight is 256 g/mol. The third kappa shape index (κ3) is 2.95. The largest absolute Gasteiger partial charge is 0.307 e. The van der Waals surface area contributed by atoms with E-state index < -0.39 is 0 Å². The number of nitrogens with one attached hydrogen (secondary N) is 1. The quantitative estimate of drug-likeness (QED) is 0.833. The lowest BCUT2D eigenvalue weighted by Crippen LogP contribution is -2.43. The Kier molecular flexibility index (Phi) is 4.54. The highest BCUT2D eigenvalue weighted by atomic mass is 15.0. The third-order valence-corrected chi connectivity index (χ3v) is 4.40. The van der Waals surface area contributed by atoms with Crippen LogP contribution in [0.1, 0.15) is 45.6 Å². The molecule has 0 spiro atoms. The van der Waals surface area contributed by atoms with E-state index in [9.17, 15) is 0 Å². The molecule has 0 saturated heterocycles. The molecule has 0 amide bonds. The van der Waals surface area contributed by atoms with E-state index in [1.165, 1.54) is 10.9 Å². The summed E-state index contributed by atoms with van der Waals surface area (Å²) >= 11 is 0. The molecule has 1 aromatic heterocycles. The van der Waals surface area contributed by atoms with Gasteiger partial charge in [-0.15, -0.1) is 0 Å². The summed E-state index contributed by atoms with van der Waals surface area (Å²) in [5, 5.41) is 4.97. The normalized spacial score (nSPS) is 11.9. The zero-order chi connectivity index (χ0) is 13.7. The summed E-state index contributed by atoms with van der Waals surface area (Å²) in [5.74, 6) is 0. The minimum Gasteiger partial charge on any atom is -0.307 e. The van der Waals surface area contributed by atoms with E-state index in [4.69, 9.17) is 0 Å². The summed E-state index contributed by atoms with van der Waals surface area (Å²) in [6.07, 6.45) is 5.37. The molecule has 1 heterocycles. The summed E-state index contributed by atoms with van der Waals surface area (Å²) in [5.41, 5.74) is 2.67. The van der Waals surface area contributed by atoms with Gasteiger partial charge in [0.25, 0.3) is 0 Å². The number of benzene rings is 1. The van der Waals surface area contributed by atoms with Crippen LogP contribution in [0.3, 0.4) is 0 Å². The zero-order valence-corrected chi connectivity index (χ0v) is 12.2. The molecule has 1 N–H and O–H groups in total. The van der Waals surface area contributed by atoms with Crippen LogP contribution in [-0.2, 0) is 6.54 Å². The van der Waals surface area contributed by atoms with Gasteiger partial charge in [-0.2, -0.15) is 0 Å². The van der Waals surface area contributed by atoms with Gasteiger partial charge in [-0.05, 0) is 30.9 Å². The smallest absolute Gasteiger partial charge is 0.0746 e. The molecule has 2 aromatic rings. The number of aromatic nitrogens is 1. The van der Waals surface area contributed by atoms with E-state index in [0.717, 1.165) is 31.3 Å². The van der Waals surface area contributed by atoms with E-state index in [2.05, 4.69) is 55.3 Å². The number of pyridine rings is 1. The highest BCUT2D eigenvalue weighted by Gasteiger charge is 2.22. The summed E-state index contributed by atoms with van der Waals surface area (Å²) in [4.78, 5) is 4.52. The fourth-order valence-electron chi connectivity index (χ4n) is 2.72. The van der Waals surface area contributed by atoms with Crippen molar-refractivity contribution in [3.63, 3.8) is 0 Å². The zero-order valence-electron chi connectivity index (χ0n) is 12.2. The standard InChI is InChI=1S/C17H24N2/c1-4-17(5-2,6-3)19-13-15-10-7-9-14-11-8-12-18-16(14)15/h7-12,19H,4-6,13H2,1-3H3. The molecular weight excluding hydrogens is 232 g/mol. The van der Waals surface area contributed by atoms with Crippen molar-refractivity contribution in [3.05, 3.63) is 42.1 Å². The second kappa shape index (κ2) is 6.16. The van der Waals surface area contributed by atoms with Gasteiger partial charge in [0.15, 0.2) is 0 Å². The third-order valence-electron chi connectivity index (χ3n) is 4.40. The lowest BCUT2D eigenvalue weighted by atomic mass is 9.89. The Morgan fingerprint density at radius 3 is 2.37 bits per heavy atom. The second-order valence-corrected chi connectivity index (χ2v) is 5.19. The highest BCUT2D eigenvalue weighted by Crippen LogP contribution is 2.22. The van der Waals surface area contributed by atoms with E-state index in [1.807, 2.05) is 12.3 Å². The molecule has 0 aliphatic rings. The Bertz CT molecular complexity index is 516. The molecule has 19 heavy (non-hydrogen) atoms. The van der Waals surface area contributed by atoms with Gasteiger partial charge in [-0.1, -0.05) is 45.0 Å². The van der Waals surface area contributed by atoms with Crippen LogP contribution in [-0.4, -0.2) is 10.5 Å². The van der Waals surface area contributed by atoms with Gasteiger partial charge in [-0.3, -0.25) is 4.98 Å².